The maximum absolute atomic E-state index is 13.4. The van der Waals surface area contributed by atoms with Gasteiger partial charge in [0, 0.05) is 35.4 Å². The van der Waals surface area contributed by atoms with E-state index >= 15 is 0 Å². The van der Waals surface area contributed by atoms with E-state index in [4.69, 9.17) is 0 Å². The number of amides is 1. The Kier molecular flexibility index (Phi) is 4.22. The van der Waals surface area contributed by atoms with E-state index in [1.807, 2.05) is 6.07 Å². The second-order valence-corrected chi connectivity index (χ2v) is 8.06. The predicted molar refractivity (Wildman–Crippen MR) is 105 cm³/mol. The molecule has 2 saturated carbocycles. The largest absolute Gasteiger partial charge is 0.359 e. The van der Waals surface area contributed by atoms with Crippen LogP contribution < -0.4 is 10.6 Å². The number of aromatic nitrogens is 3. The number of fused-ring (bicyclic) bond motifs is 1. The van der Waals surface area contributed by atoms with Gasteiger partial charge in [-0.25, -0.2) is 4.98 Å². The summed E-state index contributed by atoms with van der Waals surface area (Å²) in [7, 11) is 0. The van der Waals surface area contributed by atoms with Gasteiger partial charge in [0.15, 0.2) is 5.69 Å². The van der Waals surface area contributed by atoms with Crippen molar-refractivity contribution in [1.82, 2.24) is 20.3 Å². The van der Waals surface area contributed by atoms with Crippen LogP contribution in [0.3, 0.4) is 0 Å². The van der Waals surface area contributed by atoms with Crippen LogP contribution in [0.25, 0.3) is 10.9 Å². The molecule has 6 nitrogen and oxygen atoms in total. The van der Waals surface area contributed by atoms with Crippen LogP contribution >= 0.6 is 0 Å². The van der Waals surface area contributed by atoms with Crippen molar-refractivity contribution in [3.8, 4) is 0 Å². The highest BCUT2D eigenvalue weighted by atomic mass is 19.1. The molecule has 0 radical (unpaired) electrons. The zero-order chi connectivity index (χ0) is 20.0. The number of hydrogen-bond acceptors (Lipinski definition) is 4. The van der Waals surface area contributed by atoms with Crippen LogP contribution in [0, 0.1) is 17.3 Å². The molecule has 150 valence electrons. The zero-order valence-electron chi connectivity index (χ0n) is 15.8. The van der Waals surface area contributed by atoms with Crippen LogP contribution in [-0.2, 0) is 0 Å². The third-order valence-electron chi connectivity index (χ3n) is 6.37. The van der Waals surface area contributed by atoms with Gasteiger partial charge in [-0.2, -0.15) is 13.8 Å². The van der Waals surface area contributed by atoms with Gasteiger partial charge in [0.2, 0.25) is 11.9 Å². The predicted octanol–water partition coefficient (Wildman–Crippen LogP) is 4.43. The van der Waals surface area contributed by atoms with Gasteiger partial charge in [0.25, 0.3) is 5.91 Å². The summed E-state index contributed by atoms with van der Waals surface area (Å²) in [5, 5.41) is 6.83. The van der Waals surface area contributed by atoms with Crippen molar-refractivity contribution in [2.24, 2.45) is 5.41 Å². The summed E-state index contributed by atoms with van der Waals surface area (Å²) in [6.45, 7) is 0. The Morgan fingerprint density at radius 2 is 1.86 bits per heavy atom. The quantitative estimate of drug-likeness (QED) is 0.569. The Labute approximate surface area is 166 Å². The molecule has 1 atom stereocenters. The molecule has 2 aliphatic rings. The average Bonchev–Trinajstić information content (AvgIpc) is 3.34. The molecule has 5 rings (SSSR count). The molecule has 0 aliphatic heterocycles. The van der Waals surface area contributed by atoms with Crippen molar-refractivity contribution >= 4 is 28.3 Å². The summed E-state index contributed by atoms with van der Waals surface area (Å²) < 4.78 is 26.8. The summed E-state index contributed by atoms with van der Waals surface area (Å²) >= 11 is 0. The molecular formula is C21H21F2N5O. The number of anilines is 2. The first-order chi connectivity index (χ1) is 14.0. The van der Waals surface area contributed by atoms with Crippen LogP contribution in [0.2, 0.25) is 0 Å². The minimum atomic E-state index is -0.931. The highest BCUT2D eigenvalue weighted by Gasteiger charge is 2.48. The third-order valence-corrected chi connectivity index (χ3v) is 6.37. The summed E-state index contributed by atoms with van der Waals surface area (Å²) in [5.41, 5.74) is 1.34. The van der Waals surface area contributed by atoms with Gasteiger partial charge >= 0.3 is 0 Å². The number of halogens is 2. The van der Waals surface area contributed by atoms with E-state index in [0.717, 1.165) is 23.9 Å². The Hall–Kier alpha value is -3.03. The fourth-order valence-electron chi connectivity index (χ4n) is 4.80. The van der Waals surface area contributed by atoms with Gasteiger partial charge in [-0.3, -0.25) is 4.79 Å². The smallest absolute Gasteiger partial charge is 0.272 e. The van der Waals surface area contributed by atoms with Gasteiger partial charge < -0.3 is 15.6 Å². The first-order valence-corrected chi connectivity index (χ1v) is 9.92. The number of aromatic amines is 1. The molecule has 3 aromatic heterocycles. The maximum atomic E-state index is 13.4. The molecule has 1 spiro atoms. The van der Waals surface area contributed by atoms with Crippen LogP contribution in [0.4, 0.5) is 20.3 Å². The lowest BCUT2D eigenvalue weighted by atomic mass is 9.63. The van der Waals surface area contributed by atoms with Gasteiger partial charge in [-0.05, 0) is 43.2 Å². The summed E-state index contributed by atoms with van der Waals surface area (Å²) in [6.07, 6.45) is 8.69. The SMILES string of the molecule is O=C(NC1CCC12CCCC2)c1nc(Nc2cc(F)nc(F)c2)cc2cc[nH]c12. The van der Waals surface area contributed by atoms with E-state index in [9.17, 15) is 13.6 Å². The van der Waals surface area contributed by atoms with Crippen molar-refractivity contribution < 1.29 is 13.6 Å². The van der Waals surface area contributed by atoms with Crippen LogP contribution in [0.15, 0.2) is 30.5 Å². The van der Waals surface area contributed by atoms with E-state index in [-0.39, 0.29) is 28.7 Å². The van der Waals surface area contributed by atoms with Gasteiger partial charge in [-0.15, -0.1) is 0 Å². The van der Waals surface area contributed by atoms with Crippen molar-refractivity contribution in [1.29, 1.82) is 0 Å². The Morgan fingerprint density at radius 1 is 1.10 bits per heavy atom. The normalized spacial score (nSPS) is 20.0. The topological polar surface area (TPSA) is 82.7 Å². The van der Waals surface area contributed by atoms with Gasteiger partial charge in [-0.1, -0.05) is 12.8 Å². The molecule has 2 aliphatic carbocycles. The van der Waals surface area contributed by atoms with Gasteiger partial charge in [0.05, 0.1) is 5.52 Å². The van der Waals surface area contributed by atoms with E-state index in [0.29, 0.717) is 11.3 Å². The third kappa shape index (κ3) is 3.22. The molecule has 3 N–H and O–H groups in total. The second-order valence-electron chi connectivity index (χ2n) is 8.06. The van der Waals surface area contributed by atoms with Gasteiger partial charge in [0.1, 0.15) is 5.82 Å². The number of nitrogens with one attached hydrogen (secondary N) is 3. The molecule has 3 heterocycles. The van der Waals surface area contributed by atoms with Crippen LogP contribution in [0.1, 0.15) is 49.0 Å². The number of rotatable bonds is 4. The molecule has 0 bridgehead atoms. The summed E-state index contributed by atoms with van der Waals surface area (Å²) in [4.78, 5) is 23.6. The van der Waals surface area contributed by atoms with Crippen molar-refractivity contribution in [2.75, 3.05) is 5.32 Å². The van der Waals surface area contributed by atoms with Crippen molar-refractivity contribution in [3.63, 3.8) is 0 Å². The molecule has 8 heteroatoms. The summed E-state index contributed by atoms with van der Waals surface area (Å²) in [6, 6.07) is 5.88. The van der Waals surface area contributed by atoms with Crippen molar-refractivity contribution in [3.05, 3.63) is 48.1 Å². The number of nitrogens with zero attached hydrogens (tertiary/aromatic N) is 2. The average molecular weight is 397 g/mol. The summed E-state index contributed by atoms with van der Waals surface area (Å²) in [5.74, 6) is -1.76. The Morgan fingerprint density at radius 3 is 2.55 bits per heavy atom. The molecule has 2 fully saturated rings. The Balaban J connectivity index is 1.44. The molecule has 0 aromatic carbocycles. The van der Waals surface area contributed by atoms with E-state index in [1.54, 1.807) is 12.3 Å². The minimum Gasteiger partial charge on any atom is -0.359 e. The molecule has 0 saturated heterocycles. The van der Waals surface area contributed by atoms with E-state index < -0.39 is 11.9 Å². The first kappa shape index (κ1) is 18.0. The zero-order valence-corrected chi connectivity index (χ0v) is 15.8. The molecular weight excluding hydrogens is 376 g/mol. The second kappa shape index (κ2) is 6.79. The van der Waals surface area contributed by atoms with E-state index in [1.165, 1.54) is 32.1 Å². The fourth-order valence-corrected chi connectivity index (χ4v) is 4.80. The highest BCUT2D eigenvalue weighted by Crippen LogP contribution is 2.53. The first-order valence-electron chi connectivity index (χ1n) is 9.92. The molecule has 3 aromatic rings. The molecule has 1 unspecified atom stereocenters. The van der Waals surface area contributed by atoms with Crippen LogP contribution in [0.5, 0.6) is 0 Å². The monoisotopic (exact) mass is 397 g/mol. The lowest BCUT2D eigenvalue weighted by molar-refractivity contribution is 0.0580. The number of carbonyl (C=O) groups is 1. The lowest BCUT2D eigenvalue weighted by Gasteiger charge is -2.47. The minimum absolute atomic E-state index is 0.174. The Bertz CT molecular complexity index is 1070. The maximum Gasteiger partial charge on any atom is 0.272 e. The number of carbonyl (C=O) groups excluding carboxylic acids is 1. The lowest BCUT2D eigenvalue weighted by Crippen LogP contribution is -2.54. The molecule has 29 heavy (non-hydrogen) atoms. The number of H-pyrrole nitrogens is 1. The molecule has 1 amide bonds. The number of pyridine rings is 2. The highest BCUT2D eigenvalue weighted by molar-refractivity contribution is 6.05. The standard InChI is InChI=1S/C21H21F2N5O/c22-15-10-13(11-16(23)27-15)25-17-9-12-4-8-24-18(12)19(28-17)20(29)26-14-3-7-21(14)5-1-2-6-21/h4,8-11,14,24H,1-3,5-7H2,(H,26,29)(H,25,27,28). The van der Waals surface area contributed by atoms with Crippen LogP contribution in [-0.4, -0.2) is 26.9 Å². The number of hydrogen-bond donors (Lipinski definition) is 3. The fraction of sp³-hybridized carbons (Fsp3) is 0.381. The van der Waals surface area contributed by atoms with Crippen molar-refractivity contribution in [2.45, 2.75) is 44.6 Å². The van der Waals surface area contributed by atoms with E-state index in [2.05, 4.69) is 25.6 Å².